The van der Waals surface area contributed by atoms with E-state index in [0.29, 0.717) is 29.2 Å². The number of ether oxygens (including phenoxy) is 1. The summed E-state index contributed by atoms with van der Waals surface area (Å²) in [6.45, 7) is 4.43. The van der Waals surface area contributed by atoms with Crippen LogP contribution in [0.2, 0.25) is 0 Å². The maximum absolute atomic E-state index is 13.5. The first-order chi connectivity index (χ1) is 14.6. The number of aromatic nitrogens is 4. The average molecular weight is 402 g/mol. The van der Waals surface area contributed by atoms with Gasteiger partial charge >= 0.3 is 0 Å². The summed E-state index contributed by atoms with van der Waals surface area (Å²) in [5.41, 5.74) is 2.66. The van der Waals surface area contributed by atoms with Gasteiger partial charge in [-0.25, -0.2) is 4.98 Å². The minimum absolute atomic E-state index is 0.0782. The number of likely N-dealkylation sites (tertiary alicyclic amines) is 1. The molecule has 0 N–H and O–H groups in total. The van der Waals surface area contributed by atoms with Crippen molar-refractivity contribution >= 4 is 5.91 Å². The van der Waals surface area contributed by atoms with E-state index in [4.69, 9.17) is 10.00 Å². The fourth-order valence-corrected chi connectivity index (χ4v) is 3.75. The second-order valence-electron chi connectivity index (χ2n) is 7.41. The Labute approximate surface area is 174 Å². The Kier molecular flexibility index (Phi) is 5.44. The van der Waals surface area contributed by atoms with Gasteiger partial charge in [0.05, 0.1) is 36.1 Å². The second kappa shape index (κ2) is 8.33. The third-order valence-corrected chi connectivity index (χ3v) is 5.34. The number of hydrogen-bond donors (Lipinski definition) is 0. The van der Waals surface area contributed by atoms with Crippen molar-refractivity contribution < 1.29 is 9.53 Å². The summed E-state index contributed by atoms with van der Waals surface area (Å²) in [5, 5.41) is 17.5. The molecule has 0 aliphatic carbocycles. The van der Waals surface area contributed by atoms with Gasteiger partial charge < -0.3 is 9.64 Å². The van der Waals surface area contributed by atoms with E-state index in [9.17, 15) is 4.79 Å². The van der Waals surface area contributed by atoms with E-state index in [1.54, 1.807) is 30.7 Å². The molecule has 0 bridgehead atoms. The Hall–Kier alpha value is -3.73. The Morgan fingerprint density at radius 1 is 1.20 bits per heavy atom. The molecular formula is C22H22N6O2. The van der Waals surface area contributed by atoms with Gasteiger partial charge in [0.1, 0.15) is 11.8 Å². The van der Waals surface area contributed by atoms with E-state index in [2.05, 4.69) is 21.3 Å². The number of benzene rings is 1. The lowest BCUT2D eigenvalue weighted by molar-refractivity contribution is 0.0372. The zero-order chi connectivity index (χ0) is 21.1. The molecule has 0 unspecified atom stereocenters. The predicted octanol–water partition coefficient (Wildman–Crippen LogP) is 2.91. The maximum atomic E-state index is 13.5. The number of nitriles is 1. The molecule has 0 radical (unpaired) electrons. The number of pyridine rings is 1. The summed E-state index contributed by atoms with van der Waals surface area (Å²) >= 11 is 0. The summed E-state index contributed by atoms with van der Waals surface area (Å²) in [6, 6.07) is 11.0. The van der Waals surface area contributed by atoms with E-state index in [0.717, 1.165) is 18.4 Å². The molecule has 8 nitrogen and oxygen atoms in total. The van der Waals surface area contributed by atoms with Crippen LogP contribution in [0.1, 0.15) is 41.3 Å². The number of nitrogens with zero attached hydrogens (tertiary/aromatic N) is 6. The number of carbonyl (C=O) groups excluding carboxylic acids is 1. The topological polar surface area (TPSA) is 96.9 Å². The number of rotatable bonds is 4. The van der Waals surface area contributed by atoms with Crippen molar-refractivity contribution in [1.29, 1.82) is 5.26 Å². The highest BCUT2D eigenvalue weighted by atomic mass is 16.5. The molecule has 30 heavy (non-hydrogen) atoms. The molecule has 2 atom stereocenters. The SMILES string of the molecule is Cc1cccc(C(=O)N2C[C@H](Oc3cc(C#N)ccn3)CC[C@H]2C)c1-n1nccn1. The third-order valence-electron chi connectivity index (χ3n) is 5.34. The van der Waals surface area contributed by atoms with Crippen LogP contribution >= 0.6 is 0 Å². The molecule has 0 saturated carbocycles. The van der Waals surface area contributed by atoms with Gasteiger partial charge in [-0.2, -0.15) is 20.3 Å². The second-order valence-corrected chi connectivity index (χ2v) is 7.41. The Bertz CT molecular complexity index is 1090. The molecule has 3 aromatic rings. The maximum Gasteiger partial charge on any atom is 0.256 e. The van der Waals surface area contributed by atoms with Gasteiger partial charge in [-0.15, -0.1) is 0 Å². The van der Waals surface area contributed by atoms with Crippen LogP contribution in [0.4, 0.5) is 0 Å². The number of aryl methyl sites for hydroxylation is 1. The van der Waals surface area contributed by atoms with Crippen molar-refractivity contribution in [2.24, 2.45) is 0 Å². The first-order valence-electron chi connectivity index (χ1n) is 9.87. The number of para-hydroxylation sites is 1. The molecule has 3 heterocycles. The lowest BCUT2D eigenvalue weighted by atomic mass is 9.99. The fraction of sp³-hybridized carbons (Fsp3) is 0.318. The van der Waals surface area contributed by atoms with Gasteiger partial charge in [-0.05, 0) is 44.4 Å². The van der Waals surface area contributed by atoms with Crippen LogP contribution in [0.3, 0.4) is 0 Å². The van der Waals surface area contributed by atoms with Crippen molar-refractivity contribution in [2.45, 2.75) is 38.8 Å². The van der Waals surface area contributed by atoms with Crippen LogP contribution in [0.15, 0.2) is 48.9 Å². The normalized spacial score (nSPS) is 18.6. The van der Waals surface area contributed by atoms with Gasteiger partial charge in [0, 0.05) is 18.3 Å². The average Bonchev–Trinajstić information content (AvgIpc) is 3.29. The quantitative estimate of drug-likeness (QED) is 0.666. The number of piperidine rings is 1. The van der Waals surface area contributed by atoms with Crippen molar-refractivity contribution in [3.8, 4) is 17.6 Å². The lowest BCUT2D eigenvalue weighted by Gasteiger charge is -2.38. The molecule has 1 aromatic carbocycles. The molecule has 1 aliphatic heterocycles. The first kappa shape index (κ1) is 19.6. The molecule has 4 rings (SSSR count). The number of amides is 1. The van der Waals surface area contributed by atoms with Crippen molar-refractivity contribution in [2.75, 3.05) is 6.54 Å². The summed E-state index contributed by atoms with van der Waals surface area (Å²) in [7, 11) is 0. The highest BCUT2D eigenvalue weighted by Crippen LogP contribution is 2.26. The van der Waals surface area contributed by atoms with Crippen LogP contribution in [0.25, 0.3) is 5.69 Å². The van der Waals surface area contributed by atoms with Crippen LogP contribution in [-0.2, 0) is 0 Å². The smallest absolute Gasteiger partial charge is 0.256 e. The summed E-state index contributed by atoms with van der Waals surface area (Å²) in [6.07, 6.45) is 6.17. The zero-order valence-corrected chi connectivity index (χ0v) is 16.9. The molecule has 1 amide bonds. The number of carbonyl (C=O) groups is 1. The Morgan fingerprint density at radius 3 is 2.77 bits per heavy atom. The van der Waals surface area contributed by atoms with E-state index in [1.165, 1.54) is 4.80 Å². The van der Waals surface area contributed by atoms with Crippen LogP contribution in [-0.4, -0.2) is 49.5 Å². The van der Waals surface area contributed by atoms with Crippen molar-refractivity contribution in [3.63, 3.8) is 0 Å². The largest absolute Gasteiger partial charge is 0.472 e. The third kappa shape index (κ3) is 3.87. The van der Waals surface area contributed by atoms with E-state index in [-0.39, 0.29) is 18.1 Å². The molecule has 1 fully saturated rings. The molecule has 8 heteroatoms. The Balaban J connectivity index is 1.58. The highest BCUT2D eigenvalue weighted by molar-refractivity contribution is 5.98. The minimum atomic E-state index is -0.192. The van der Waals surface area contributed by atoms with E-state index >= 15 is 0 Å². The van der Waals surface area contributed by atoms with Gasteiger partial charge in [0.2, 0.25) is 5.88 Å². The van der Waals surface area contributed by atoms with Crippen LogP contribution in [0, 0.1) is 18.3 Å². The molecule has 152 valence electrons. The summed E-state index contributed by atoms with van der Waals surface area (Å²) < 4.78 is 6.00. The standard InChI is InChI=1S/C22H22N6O2/c1-15-4-3-5-19(21(15)28-25-10-11-26-28)22(29)27-14-18(7-6-16(27)2)30-20-12-17(13-23)8-9-24-20/h3-5,8-12,16,18H,6-7,14H2,1-2H3/t16-,18-/m1/s1. The van der Waals surface area contributed by atoms with E-state index < -0.39 is 0 Å². The minimum Gasteiger partial charge on any atom is -0.472 e. The lowest BCUT2D eigenvalue weighted by Crippen LogP contribution is -2.49. The molecular weight excluding hydrogens is 380 g/mol. The summed E-state index contributed by atoms with van der Waals surface area (Å²) in [4.78, 5) is 21.0. The van der Waals surface area contributed by atoms with Crippen molar-refractivity contribution in [1.82, 2.24) is 24.9 Å². The molecule has 2 aromatic heterocycles. The Morgan fingerprint density at radius 2 is 2.00 bits per heavy atom. The van der Waals surface area contributed by atoms with Gasteiger partial charge in [0.15, 0.2) is 0 Å². The molecule has 1 saturated heterocycles. The van der Waals surface area contributed by atoms with Crippen LogP contribution in [0.5, 0.6) is 5.88 Å². The monoisotopic (exact) mass is 402 g/mol. The van der Waals surface area contributed by atoms with Gasteiger partial charge in [0.25, 0.3) is 5.91 Å². The molecule has 0 spiro atoms. The van der Waals surface area contributed by atoms with Gasteiger partial charge in [-0.3, -0.25) is 4.79 Å². The highest BCUT2D eigenvalue weighted by Gasteiger charge is 2.32. The zero-order valence-electron chi connectivity index (χ0n) is 16.9. The van der Waals surface area contributed by atoms with Crippen molar-refractivity contribution in [3.05, 3.63) is 65.6 Å². The molecule has 1 aliphatic rings. The fourth-order valence-electron chi connectivity index (χ4n) is 3.75. The van der Waals surface area contributed by atoms with Crippen LogP contribution < -0.4 is 4.74 Å². The number of hydrogen-bond acceptors (Lipinski definition) is 6. The van der Waals surface area contributed by atoms with E-state index in [1.807, 2.05) is 36.9 Å². The van der Waals surface area contributed by atoms with Gasteiger partial charge in [-0.1, -0.05) is 12.1 Å². The first-order valence-corrected chi connectivity index (χ1v) is 9.87. The predicted molar refractivity (Wildman–Crippen MR) is 109 cm³/mol. The summed E-state index contributed by atoms with van der Waals surface area (Å²) in [5.74, 6) is 0.323.